The molecule has 208 valence electrons. The smallest absolute Gasteiger partial charge is 0.251 e. The topological polar surface area (TPSA) is 121 Å². The molecule has 2 aromatic heterocycles. The summed E-state index contributed by atoms with van der Waals surface area (Å²) in [7, 11) is 0. The number of H-pyrrole nitrogens is 1. The molecule has 2 heterocycles. The van der Waals surface area contributed by atoms with Crippen LogP contribution in [0.4, 0.5) is 13.2 Å². The van der Waals surface area contributed by atoms with Gasteiger partial charge in [0.05, 0.1) is 17.3 Å². The molecule has 10 heteroatoms. The number of rotatable bonds is 9. The van der Waals surface area contributed by atoms with Gasteiger partial charge < -0.3 is 15.8 Å². The number of halogens is 3. The zero-order valence-corrected chi connectivity index (χ0v) is 21.6. The molecule has 0 aliphatic rings. The molecule has 1 amide bonds. The number of aliphatic hydroxyl groups is 1. The normalized spacial score (nSPS) is 12.8. The number of carbonyl (C=O) groups is 1. The molecule has 1 unspecified atom stereocenters. The molecule has 2 atom stereocenters. The zero-order valence-electron chi connectivity index (χ0n) is 21.6. The third-order valence-corrected chi connectivity index (χ3v) is 6.72. The Morgan fingerprint density at radius 1 is 0.951 bits per heavy atom. The van der Waals surface area contributed by atoms with E-state index in [1.807, 2.05) is 12.1 Å². The molecule has 5 aromatic rings. The Morgan fingerprint density at radius 2 is 1.71 bits per heavy atom. The van der Waals surface area contributed by atoms with Gasteiger partial charge in [-0.3, -0.25) is 19.9 Å². The van der Waals surface area contributed by atoms with Crippen LogP contribution in [0, 0.1) is 17.5 Å². The maximum absolute atomic E-state index is 14.2. The highest BCUT2D eigenvalue weighted by Crippen LogP contribution is 2.31. The lowest BCUT2D eigenvalue weighted by atomic mass is 9.94. The fraction of sp³-hybridized carbons (Fsp3) is 0.129. The fourth-order valence-corrected chi connectivity index (χ4v) is 4.97. The van der Waals surface area contributed by atoms with E-state index in [4.69, 9.17) is 5.73 Å². The van der Waals surface area contributed by atoms with Crippen LogP contribution in [0.2, 0.25) is 0 Å². The Labute approximate surface area is 232 Å². The van der Waals surface area contributed by atoms with Crippen LogP contribution >= 0.6 is 0 Å². The van der Waals surface area contributed by atoms with Crippen LogP contribution in [0.5, 0.6) is 0 Å². The number of para-hydroxylation sites is 1. The first-order chi connectivity index (χ1) is 19.7. The third-order valence-electron chi connectivity index (χ3n) is 6.72. The molecule has 0 saturated heterocycles. The largest absolute Gasteiger partial charge is 0.378 e. The van der Waals surface area contributed by atoms with Crippen LogP contribution in [-0.2, 0) is 12.8 Å². The van der Waals surface area contributed by atoms with Gasteiger partial charge in [-0.1, -0.05) is 30.3 Å². The lowest BCUT2D eigenvalue weighted by Gasteiger charge is -2.25. The molecule has 0 saturated carbocycles. The van der Waals surface area contributed by atoms with Gasteiger partial charge in [0, 0.05) is 41.2 Å². The molecular formula is C31H25F3N4O3. The Hall–Kier alpha value is -4.80. The Morgan fingerprint density at radius 3 is 2.46 bits per heavy atom. The van der Waals surface area contributed by atoms with Crippen molar-refractivity contribution < 1.29 is 23.1 Å². The van der Waals surface area contributed by atoms with Crippen molar-refractivity contribution in [1.82, 2.24) is 15.3 Å². The Kier molecular flexibility index (Phi) is 7.95. The van der Waals surface area contributed by atoms with Crippen LogP contribution in [-0.4, -0.2) is 27.2 Å². The highest BCUT2D eigenvalue weighted by molar-refractivity contribution is 5.94. The Balaban J connectivity index is 1.55. The first-order valence-electron chi connectivity index (χ1n) is 12.7. The first-order valence-corrected chi connectivity index (χ1v) is 12.7. The van der Waals surface area contributed by atoms with E-state index in [9.17, 15) is 27.9 Å². The second-order valence-corrected chi connectivity index (χ2v) is 9.62. The van der Waals surface area contributed by atoms with Crippen molar-refractivity contribution in [2.45, 2.75) is 25.1 Å². The van der Waals surface area contributed by atoms with Crippen LogP contribution in [0.25, 0.3) is 22.0 Å². The SMILES string of the molecule is NC(=O)c1cc(-c2cccnc2[C@H](Cc2cc(F)cc(F)c2)NC(O)Cc2cc(=O)[nH]c3ccccc23)ccc1F. The second kappa shape index (κ2) is 11.7. The molecule has 0 bridgehead atoms. The highest BCUT2D eigenvalue weighted by atomic mass is 19.1. The first kappa shape index (κ1) is 27.8. The van der Waals surface area contributed by atoms with Crippen molar-refractivity contribution in [2.24, 2.45) is 5.73 Å². The third kappa shape index (κ3) is 6.34. The lowest BCUT2D eigenvalue weighted by Crippen LogP contribution is -2.36. The summed E-state index contributed by atoms with van der Waals surface area (Å²) in [5.41, 5.74) is 7.48. The summed E-state index contributed by atoms with van der Waals surface area (Å²) in [4.78, 5) is 31.3. The van der Waals surface area contributed by atoms with Gasteiger partial charge in [0.25, 0.3) is 5.91 Å². The average molecular weight is 559 g/mol. The molecule has 5 rings (SSSR count). The van der Waals surface area contributed by atoms with E-state index >= 15 is 0 Å². The van der Waals surface area contributed by atoms with Gasteiger partial charge in [-0.05, 0) is 59.5 Å². The molecule has 41 heavy (non-hydrogen) atoms. The van der Waals surface area contributed by atoms with Gasteiger partial charge in [0.1, 0.15) is 23.7 Å². The quantitative estimate of drug-likeness (QED) is 0.198. The molecule has 7 nitrogen and oxygen atoms in total. The predicted molar refractivity (Wildman–Crippen MR) is 148 cm³/mol. The average Bonchev–Trinajstić information content (AvgIpc) is 2.92. The number of hydrogen-bond donors (Lipinski definition) is 4. The second-order valence-electron chi connectivity index (χ2n) is 9.62. The number of aliphatic hydroxyl groups excluding tert-OH is 1. The molecule has 3 aromatic carbocycles. The highest BCUT2D eigenvalue weighted by Gasteiger charge is 2.23. The molecule has 0 aliphatic carbocycles. The Bertz CT molecular complexity index is 1790. The van der Waals surface area contributed by atoms with Crippen molar-refractivity contribution in [3.05, 3.63) is 135 Å². The van der Waals surface area contributed by atoms with Crippen LogP contribution < -0.4 is 16.6 Å². The molecule has 0 radical (unpaired) electrons. The molecular weight excluding hydrogens is 533 g/mol. The van der Waals surface area contributed by atoms with Gasteiger partial charge >= 0.3 is 0 Å². The number of carbonyl (C=O) groups excluding carboxylic acids is 1. The summed E-state index contributed by atoms with van der Waals surface area (Å²) in [5, 5.41) is 15.0. The standard InChI is InChI=1S/C31H25F3N4O3/c32-20-10-17(11-21(33)16-20)12-27(38-29(40)15-19-14-28(39)37-26-6-2-1-4-22(19)26)30-23(5-3-9-36-30)18-7-8-25(34)24(13-18)31(35)41/h1-11,13-14,16,27,29,38,40H,12,15H2,(H2,35,41)(H,37,39)/t27-,29?/m0/s1. The summed E-state index contributed by atoms with van der Waals surface area (Å²) in [6, 6.07) is 18.1. The zero-order chi connectivity index (χ0) is 29.1. The summed E-state index contributed by atoms with van der Waals surface area (Å²) in [6.45, 7) is 0. The number of aromatic nitrogens is 2. The molecule has 0 spiro atoms. The van der Waals surface area contributed by atoms with Gasteiger partial charge in [-0.15, -0.1) is 0 Å². The van der Waals surface area contributed by atoms with E-state index < -0.39 is 35.6 Å². The monoisotopic (exact) mass is 558 g/mol. The van der Waals surface area contributed by atoms with Gasteiger partial charge in [0.15, 0.2) is 0 Å². The summed E-state index contributed by atoms with van der Waals surface area (Å²) >= 11 is 0. The number of primary amides is 1. The minimum atomic E-state index is -1.21. The fourth-order valence-electron chi connectivity index (χ4n) is 4.97. The van der Waals surface area contributed by atoms with Crippen LogP contribution in [0.15, 0.2) is 89.9 Å². The van der Waals surface area contributed by atoms with E-state index in [0.29, 0.717) is 33.5 Å². The number of hydrogen-bond acceptors (Lipinski definition) is 5. The van der Waals surface area contributed by atoms with Crippen LogP contribution in [0.3, 0.4) is 0 Å². The molecule has 0 fully saturated rings. The number of benzene rings is 3. The molecule has 5 N–H and O–H groups in total. The number of nitrogens with zero attached hydrogens (tertiary/aromatic N) is 1. The van der Waals surface area contributed by atoms with Gasteiger partial charge in [0.2, 0.25) is 5.56 Å². The number of fused-ring (bicyclic) bond motifs is 1. The van der Waals surface area contributed by atoms with E-state index in [1.165, 1.54) is 36.5 Å². The predicted octanol–water partition coefficient (Wildman–Crippen LogP) is 4.54. The maximum atomic E-state index is 14.2. The van der Waals surface area contributed by atoms with Gasteiger partial charge in [-0.25, -0.2) is 13.2 Å². The van der Waals surface area contributed by atoms with Crippen molar-refractivity contribution in [3.8, 4) is 11.1 Å². The van der Waals surface area contributed by atoms with Crippen LogP contribution in [0.1, 0.15) is 33.2 Å². The summed E-state index contributed by atoms with van der Waals surface area (Å²) in [6.07, 6.45) is 0.334. The summed E-state index contributed by atoms with van der Waals surface area (Å²) < 4.78 is 42.4. The number of aromatic amines is 1. The van der Waals surface area contributed by atoms with Gasteiger partial charge in [-0.2, -0.15) is 0 Å². The number of amides is 1. The van der Waals surface area contributed by atoms with Crippen molar-refractivity contribution in [2.75, 3.05) is 0 Å². The summed E-state index contributed by atoms with van der Waals surface area (Å²) in [5.74, 6) is -3.25. The van der Waals surface area contributed by atoms with E-state index in [0.717, 1.165) is 17.5 Å². The number of nitrogens with one attached hydrogen (secondary N) is 2. The maximum Gasteiger partial charge on any atom is 0.251 e. The minimum absolute atomic E-state index is 0.00967. The van der Waals surface area contributed by atoms with E-state index in [-0.39, 0.29) is 24.0 Å². The lowest BCUT2D eigenvalue weighted by molar-refractivity contribution is 0.0996. The number of nitrogens with two attached hydrogens (primary N) is 1. The number of pyridine rings is 2. The van der Waals surface area contributed by atoms with Crippen molar-refractivity contribution >= 4 is 16.8 Å². The van der Waals surface area contributed by atoms with Crippen molar-refractivity contribution in [1.29, 1.82) is 0 Å². The molecule has 0 aliphatic heterocycles. The minimum Gasteiger partial charge on any atom is -0.378 e. The van der Waals surface area contributed by atoms with E-state index in [2.05, 4.69) is 15.3 Å². The van der Waals surface area contributed by atoms with E-state index in [1.54, 1.807) is 24.3 Å². The van der Waals surface area contributed by atoms with Crippen molar-refractivity contribution in [3.63, 3.8) is 0 Å².